The Morgan fingerprint density at radius 1 is 1.10 bits per heavy atom. The molecule has 3 heterocycles. The van der Waals surface area contributed by atoms with Crippen molar-refractivity contribution >= 4 is 34.4 Å². The molecule has 0 spiro atoms. The molecule has 8 nitrogen and oxygen atoms in total. The second kappa shape index (κ2) is 9.61. The Kier molecular flexibility index (Phi) is 6.69. The Hall–Kier alpha value is -2.39. The molecule has 0 atom stereocenters. The first-order chi connectivity index (χ1) is 14.7. The minimum atomic E-state index is -0.362. The van der Waals surface area contributed by atoms with Crippen LogP contribution in [0, 0.1) is 0 Å². The minimum absolute atomic E-state index is 0.362. The SMILES string of the molecule is COc1cc2c(N3CCN(C=S)CC3)nc(=O)[nH]c2cc1OCCN1CCCCC1. The van der Waals surface area contributed by atoms with Gasteiger partial charge in [-0.05, 0) is 32.0 Å². The van der Waals surface area contributed by atoms with Gasteiger partial charge in [0.05, 0.1) is 18.1 Å². The van der Waals surface area contributed by atoms with Gasteiger partial charge in [0.15, 0.2) is 11.5 Å². The normalized spacial score (nSPS) is 17.9. The van der Waals surface area contributed by atoms with E-state index in [9.17, 15) is 4.79 Å². The fourth-order valence-electron chi connectivity index (χ4n) is 4.17. The van der Waals surface area contributed by atoms with Crippen LogP contribution in [0.4, 0.5) is 5.82 Å². The van der Waals surface area contributed by atoms with Crippen LogP contribution < -0.4 is 20.1 Å². The molecule has 1 aromatic heterocycles. The Balaban J connectivity index is 1.56. The summed E-state index contributed by atoms with van der Waals surface area (Å²) in [5.41, 5.74) is 2.03. The Morgan fingerprint density at radius 3 is 2.57 bits per heavy atom. The summed E-state index contributed by atoms with van der Waals surface area (Å²) in [6, 6.07) is 3.76. The number of piperidine rings is 1. The molecule has 9 heteroatoms. The van der Waals surface area contributed by atoms with Gasteiger partial charge in [-0.3, -0.25) is 4.90 Å². The predicted molar refractivity (Wildman–Crippen MR) is 122 cm³/mol. The van der Waals surface area contributed by atoms with Crippen molar-refractivity contribution in [2.45, 2.75) is 19.3 Å². The van der Waals surface area contributed by atoms with Gasteiger partial charge in [-0.1, -0.05) is 18.6 Å². The van der Waals surface area contributed by atoms with Gasteiger partial charge < -0.3 is 24.3 Å². The predicted octanol–water partition coefficient (Wildman–Crippen LogP) is 1.88. The highest BCUT2D eigenvalue weighted by molar-refractivity contribution is 7.78. The number of nitrogens with zero attached hydrogens (tertiary/aromatic N) is 4. The Labute approximate surface area is 181 Å². The summed E-state index contributed by atoms with van der Waals surface area (Å²) in [5.74, 6) is 1.96. The van der Waals surface area contributed by atoms with Gasteiger partial charge in [0.25, 0.3) is 0 Å². The molecule has 2 saturated heterocycles. The number of anilines is 1. The number of methoxy groups -OCH3 is 1. The lowest BCUT2D eigenvalue weighted by atomic mass is 10.1. The van der Waals surface area contributed by atoms with Crippen LogP contribution in [-0.2, 0) is 0 Å². The van der Waals surface area contributed by atoms with Gasteiger partial charge in [0.1, 0.15) is 12.4 Å². The van der Waals surface area contributed by atoms with Crippen LogP contribution in [-0.4, -0.2) is 84.8 Å². The third-order valence-electron chi connectivity index (χ3n) is 5.87. The lowest BCUT2D eigenvalue weighted by molar-refractivity contribution is 0.181. The standard InChI is InChI=1S/C21H29N5O3S/c1-28-18-13-16-17(14-19(18)29-12-11-24-5-3-2-4-6-24)22-21(27)23-20(16)26-9-7-25(15-30)8-10-26/h13-15H,2-12H2,1H3,(H,22,23,27). The zero-order valence-electron chi connectivity index (χ0n) is 17.4. The van der Waals surface area contributed by atoms with E-state index in [1.807, 2.05) is 12.1 Å². The zero-order chi connectivity index (χ0) is 20.9. The number of H-pyrrole nitrogens is 1. The summed E-state index contributed by atoms with van der Waals surface area (Å²) < 4.78 is 11.6. The number of benzene rings is 1. The van der Waals surface area contributed by atoms with Gasteiger partial charge in [-0.2, -0.15) is 4.98 Å². The second-order valence-corrected chi connectivity index (χ2v) is 8.00. The van der Waals surface area contributed by atoms with E-state index >= 15 is 0 Å². The zero-order valence-corrected chi connectivity index (χ0v) is 18.2. The molecule has 0 saturated carbocycles. The first kappa shape index (κ1) is 20.9. The van der Waals surface area contributed by atoms with Crippen molar-refractivity contribution in [3.8, 4) is 11.5 Å². The molecule has 0 unspecified atom stereocenters. The topological polar surface area (TPSA) is 73.9 Å². The summed E-state index contributed by atoms with van der Waals surface area (Å²) >= 11 is 5.03. The Morgan fingerprint density at radius 2 is 1.87 bits per heavy atom. The van der Waals surface area contributed by atoms with E-state index in [1.165, 1.54) is 19.3 Å². The molecular weight excluding hydrogens is 402 g/mol. The third kappa shape index (κ3) is 4.67. The number of thiocarbonyl (C=S) groups is 1. The molecule has 2 aliphatic rings. The maximum Gasteiger partial charge on any atom is 0.347 e. The van der Waals surface area contributed by atoms with E-state index in [0.717, 1.165) is 51.2 Å². The fourth-order valence-corrected chi connectivity index (χ4v) is 4.38. The van der Waals surface area contributed by atoms with E-state index in [4.69, 9.17) is 21.7 Å². The van der Waals surface area contributed by atoms with Crippen LogP contribution in [0.15, 0.2) is 16.9 Å². The van der Waals surface area contributed by atoms with Crippen molar-refractivity contribution in [2.24, 2.45) is 0 Å². The molecule has 2 aromatic rings. The lowest BCUT2D eigenvalue weighted by Gasteiger charge is -2.34. The number of likely N-dealkylation sites (tertiary alicyclic amines) is 1. The highest BCUT2D eigenvalue weighted by Crippen LogP contribution is 2.34. The number of ether oxygens (including phenoxy) is 2. The van der Waals surface area contributed by atoms with E-state index in [0.29, 0.717) is 29.4 Å². The summed E-state index contributed by atoms with van der Waals surface area (Å²) in [5, 5.41) is 0.852. The van der Waals surface area contributed by atoms with Crippen LogP contribution in [0.2, 0.25) is 0 Å². The van der Waals surface area contributed by atoms with Crippen molar-refractivity contribution in [1.82, 2.24) is 19.8 Å². The Bertz CT molecular complexity index is 936. The molecule has 162 valence electrons. The minimum Gasteiger partial charge on any atom is -0.493 e. The van der Waals surface area contributed by atoms with Gasteiger partial charge in [-0.15, -0.1) is 0 Å². The summed E-state index contributed by atoms with van der Waals surface area (Å²) in [7, 11) is 1.63. The van der Waals surface area contributed by atoms with Crippen LogP contribution in [0.5, 0.6) is 11.5 Å². The first-order valence-corrected chi connectivity index (χ1v) is 11.1. The van der Waals surface area contributed by atoms with Crippen LogP contribution in [0.25, 0.3) is 10.9 Å². The first-order valence-electron chi connectivity index (χ1n) is 10.6. The van der Waals surface area contributed by atoms with Crippen LogP contribution >= 0.6 is 12.2 Å². The number of nitrogens with one attached hydrogen (secondary N) is 1. The van der Waals surface area contributed by atoms with Gasteiger partial charge >= 0.3 is 5.69 Å². The molecule has 0 amide bonds. The number of hydrogen-bond donors (Lipinski definition) is 1. The molecule has 0 aliphatic carbocycles. The molecule has 1 aromatic carbocycles. The molecule has 1 N–H and O–H groups in total. The average Bonchev–Trinajstić information content (AvgIpc) is 2.79. The number of piperazine rings is 1. The van der Waals surface area contributed by atoms with Crippen molar-refractivity contribution in [3.05, 3.63) is 22.6 Å². The van der Waals surface area contributed by atoms with E-state index in [-0.39, 0.29) is 5.69 Å². The quantitative estimate of drug-likeness (QED) is 0.666. The number of fused-ring (bicyclic) bond motifs is 1. The molecule has 4 rings (SSSR count). The lowest BCUT2D eigenvalue weighted by Crippen LogP contribution is -2.46. The van der Waals surface area contributed by atoms with Crippen molar-refractivity contribution in [3.63, 3.8) is 0 Å². The smallest absolute Gasteiger partial charge is 0.347 e. The summed E-state index contributed by atoms with van der Waals surface area (Å²) in [6.45, 7) is 6.90. The van der Waals surface area contributed by atoms with Crippen molar-refractivity contribution in [1.29, 1.82) is 0 Å². The number of rotatable bonds is 7. The third-order valence-corrected chi connectivity index (χ3v) is 6.17. The molecule has 30 heavy (non-hydrogen) atoms. The summed E-state index contributed by atoms with van der Waals surface area (Å²) in [4.78, 5) is 26.0. The molecular formula is C21H29N5O3S. The summed E-state index contributed by atoms with van der Waals surface area (Å²) in [6.07, 6.45) is 3.84. The van der Waals surface area contributed by atoms with Gasteiger partial charge in [0, 0.05) is 44.2 Å². The van der Waals surface area contributed by atoms with Crippen LogP contribution in [0.1, 0.15) is 19.3 Å². The van der Waals surface area contributed by atoms with Crippen molar-refractivity contribution < 1.29 is 9.47 Å². The van der Waals surface area contributed by atoms with Gasteiger partial charge in [-0.25, -0.2) is 4.79 Å². The maximum absolute atomic E-state index is 12.2. The highest BCUT2D eigenvalue weighted by atomic mass is 32.1. The van der Waals surface area contributed by atoms with E-state index in [2.05, 4.69) is 24.7 Å². The van der Waals surface area contributed by atoms with E-state index in [1.54, 1.807) is 12.6 Å². The number of hydrogen-bond acceptors (Lipinski definition) is 7. The monoisotopic (exact) mass is 431 g/mol. The number of aromatic nitrogens is 2. The average molecular weight is 432 g/mol. The van der Waals surface area contributed by atoms with Gasteiger partial charge in [0.2, 0.25) is 0 Å². The molecule has 2 aliphatic heterocycles. The molecule has 2 fully saturated rings. The fraction of sp³-hybridized carbons (Fsp3) is 0.571. The highest BCUT2D eigenvalue weighted by Gasteiger charge is 2.21. The van der Waals surface area contributed by atoms with Crippen LogP contribution in [0.3, 0.4) is 0 Å². The maximum atomic E-state index is 12.2. The van der Waals surface area contributed by atoms with Crippen molar-refractivity contribution in [2.75, 3.05) is 64.4 Å². The molecule has 0 radical (unpaired) electrons. The molecule has 0 bridgehead atoms. The van der Waals surface area contributed by atoms with E-state index < -0.39 is 0 Å². The second-order valence-electron chi connectivity index (χ2n) is 7.79. The number of aromatic amines is 1. The largest absolute Gasteiger partial charge is 0.493 e.